The van der Waals surface area contributed by atoms with Gasteiger partial charge in [0.15, 0.2) is 0 Å². The number of pyridine rings is 1. The van der Waals surface area contributed by atoms with Crippen LogP contribution in [-0.2, 0) is 10.2 Å². The first-order valence-electron chi connectivity index (χ1n) is 11.1. The molecule has 0 aliphatic carbocycles. The van der Waals surface area contributed by atoms with Gasteiger partial charge in [0.05, 0.1) is 11.4 Å². The summed E-state index contributed by atoms with van der Waals surface area (Å²) in [5.41, 5.74) is 4.37. The molecule has 0 radical (unpaired) electrons. The van der Waals surface area contributed by atoms with Crippen LogP contribution in [0.3, 0.4) is 0 Å². The fourth-order valence-corrected chi connectivity index (χ4v) is 5.44. The van der Waals surface area contributed by atoms with E-state index >= 15 is 0 Å². The van der Waals surface area contributed by atoms with E-state index in [0.717, 1.165) is 34.0 Å². The second-order valence-electron chi connectivity index (χ2n) is 8.24. The third-order valence-corrected chi connectivity index (χ3v) is 7.51. The molecule has 0 spiro atoms. The molecule has 8 heteroatoms. The maximum absolute atomic E-state index is 13.0. The quantitative estimate of drug-likeness (QED) is 0.457. The Bertz CT molecular complexity index is 1480. The zero-order valence-corrected chi connectivity index (χ0v) is 19.5. The van der Waals surface area contributed by atoms with Crippen molar-refractivity contribution in [2.45, 2.75) is 13.3 Å². The molecule has 4 aromatic rings. The predicted molar refractivity (Wildman–Crippen MR) is 135 cm³/mol. The standard InChI is InChI=1S/C26H24N4O3S/c1-18-7-8-21(25-23-6-3-2-5-19(23)13-15-27-25)17-24(18)29-26(31)20-9-11-22(12-10-20)30-16-4-14-28-34(30,32)33/h2-3,5-13,15,17,28H,4,14,16H2,1H3,(H,29,31). The molecule has 1 saturated heterocycles. The van der Waals surface area contributed by atoms with Gasteiger partial charge in [-0.1, -0.05) is 36.4 Å². The van der Waals surface area contributed by atoms with Crippen molar-refractivity contribution < 1.29 is 13.2 Å². The van der Waals surface area contributed by atoms with Crippen molar-refractivity contribution in [3.63, 3.8) is 0 Å². The molecule has 0 bridgehead atoms. The number of hydrogen-bond donors (Lipinski definition) is 2. The molecule has 5 rings (SSSR count). The number of hydrogen-bond acceptors (Lipinski definition) is 4. The third kappa shape index (κ3) is 4.25. The number of carbonyl (C=O) groups is 1. The summed E-state index contributed by atoms with van der Waals surface area (Å²) < 4.78 is 28.3. The van der Waals surface area contributed by atoms with Gasteiger partial charge in [0.2, 0.25) is 0 Å². The summed E-state index contributed by atoms with van der Waals surface area (Å²) >= 11 is 0. The van der Waals surface area contributed by atoms with Gasteiger partial charge >= 0.3 is 10.2 Å². The molecule has 1 aliphatic heterocycles. The summed E-state index contributed by atoms with van der Waals surface area (Å²) in [5, 5.41) is 5.14. The summed E-state index contributed by atoms with van der Waals surface area (Å²) in [5.74, 6) is -0.266. The molecule has 1 aromatic heterocycles. The van der Waals surface area contributed by atoms with E-state index < -0.39 is 10.2 Å². The SMILES string of the molecule is Cc1ccc(-c2nccc3ccccc23)cc1NC(=O)c1ccc(N2CCCNS2(=O)=O)cc1. The first kappa shape index (κ1) is 22.1. The first-order valence-corrected chi connectivity index (χ1v) is 12.5. The lowest BCUT2D eigenvalue weighted by Crippen LogP contribution is -2.47. The van der Waals surface area contributed by atoms with E-state index in [0.29, 0.717) is 30.0 Å². The zero-order chi connectivity index (χ0) is 23.7. The van der Waals surface area contributed by atoms with Crippen molar-refractivity contribution in [3.8, 4) is 11.3 Å². The van der Waals surface area contributed by atoms with E-state index in [-0.39, 0.29) is 5.91 Å². The molecule has 0 saturated carbocycles. The Morgan fingerprint density at radius 3 is 2.62 bits per heavy atom. The van der Waals surface area contributed by atoms with E-state index in [1.807, 2.05) is 55.5 Å². The van der Waals surface area contributed by atoms with Crippen molar-refractivity contribution in [2.75, 3.05) is 22.7 Å². The van der Waals surface area contributed by atoms with Crippen LogP contribution < -0.4 is 14.3 Å². The predicted octanol–water partition coefficient (Wildman–Crippen LogP) is 4.51. The van der Waals surface area contributed by atoms with Crippen LogP contribution in [-0.4, -0.2) is 32.4 Å². The number of benzene rings is 3. The van der Waals surface area contributed by atoms with Gasteiger partial charge in [-0.05, 0) is 60.7 Å². The molecule has 7 nitrogen and oxygen atoms in total. The molecule has 1 aliphatic rings. The Balaban J connectivity index is 1.40. The van der Waals surface area contributed by atoms with Crippen LogP contribution >= 0.6 is 0 Å². The molecule has 0 atom stereocenters. The van der Waals surface area contributed by atoms with Crippen LogP contribution in [0, 0.1) is 6.92 Å². The molecule has 0 unspecified atom stereocenters. The van der Waals surface area contributed by atoms with Crippen molar-refractivity contribution in [2.24, 2.45) is 0 Å². The van der Waals surface area contributed by atoms with Gasteiger partial charge in [-0.25, -0.2) is 0 Å². The van der Waals surface area contributed by atoms with Crippen LogP contribution in [0.15, 0.2) is 79.0 Å². The van der Waals surface area contributed by atoms with Gasteiger partial charge in [0.1, 0.15) is 0 Å². The smallest absolute Gasteiger partial charge is 0.301 e. The number of rotatable bonds is 4. The number of nitrogens with zero attached hydrogens (tertiary/aromatic N) is 2. The molecule has 2 N–H and O–H groups in total. The van der Waals surface area contributed by atoms with Crippen molar-refractivity contribution in [1.82, 2.24) is 9.71 Å². The first-order chi connectivity index (χ1) is 16.4. The van der Waals surface area contributed by atoms with E-state index in [9.17, 15) is 13.2 Å². The largest absolute Gasteiger partial charge is 0.322 e. The number of aryl methyl sites for hydroxylation is 1. The lowest BCUT2D eigenvalue weighted by molar-refractivity contribution is 0.102. The number of nitrogens with one attached hydrogen (secondary N) is 2. The highest BCUT2D eigenvalue weighted by atomic mass is 32.2. The molecule has 172 valence electrons. The van der Waals surface area contributed by atoms with Gasteiger partial charge in [-0.15, -0.1) is 0 Å². The van der Waals surface area contributed by atoms with Gasteiger partial charge in [0.25, 0.3) is 5.91 Å². The van der Waals surface area contributed by atoms with E-state index in [1.165, 1.54) is 4.31 Å². The minimum atomic E-state index is -3.53. The Labute approximate surface area is 198 Å². The van der Waals surface area contributed by atoms with E-state index in [1.54, 1.807) is 30.5 Å². The minimum absolute atomic E-state index is 0.266. The average molecular weight is 473 g/mol. The van der Waals surface area contributed by atoms with Gasteiger partial charge in [0, 0.05) is 41.5 Å². The molecule has 1 amide bonds. The summed E-state index contributed by atoms with van der Waals surface area (Å²) in [6.07, 6.45) is 2.51. The van der Waals surface area contributed by atoms with Gasteiger partial charge in [-0.3, -0.25) is 14.1 Å². The van der Waals surface area contributed by atoms with E-state index in [2.05, 4.69) is 15.0 Å². The van der Waals surface area contributed by atoms with Crippen molar-refractivity contribution >= 4 is 38.3 Å². The van der Waals surface area contributed by atoms with Crippen molar-refractivity contribution in [1.29, 1.82) is 0 Å². The average Bonchev–Trinajstić information content (AvgIpc) is 2.85. The summed E-state index contributed by atoms with van der Waals surface area (Å²) in [6.45, 7) is 2.79. The number of amides is 1. The van der Waals surface area contributed by atoms with Crippen LogP contribution in [0.4, 0.5) is 11.4 Å². The maximum Gasteiger partial charge on any atom is 0.301 e. The Morgan fingerprint density at radius 1 is 1.03 bits per heavy atom. The molecular formula is C26H24N4O3S. The fraction of sp³-hybridized carbons (Fsp3) is 0.154. The van der Waals surface area contributed by atoms with Crippen LogP contribution in [0.5, 0.6) is 0 Å². The number of fused-ring (bicyclic) bond motifs is 1. The Morgan fingerprint density at radius 2 is 1.82 bits per heavy atom. The summed E-state index contributed by atoms with van der Waals surface area (Å²) in [6, 6.07) is 22.5. The summed E-state index contributed by atoms with van der Waals surface area (Å²) in [4.78, 5) is 17.5. The lowest BCUT2D eigenvalue weighted by atomic mass is 10.0. The normalized spacial score (nSPS) is 15.3. The van der Waals surface area contributed by atoms with Crippen molar-refractivity contribution in [3.05, 3.63) is 90.1 Å². The highest BCUT2D eigenvalue weighted by molar-refractivity contribution is 7.90. The van der Waals surface area contributed by atoms with E-state index in [4.69, 9.17) is 0 Å². The lowest BCUT2D eigenvalue weighted by Gasteiger charge is -2.28. The topological polar surface area (TPSA) is 91.4 Å². The molecule has 34 heavy (non-hydrogen) atoms. The van der Waals surface area contributed by atoms with Crippen LogP contribution in [0.25, 0.3) is 22.0 Å². The third-order valence-electron chi connectivity index (χ3n) is 5.96. The number of anilines is 2. The number of aromatic nitrogens is 1. The molecule has 3 aromatic carbocycles. The second kappa shape index (κ2) is 8.89. The Kier molecular flexibility index (Phi) is 5.77. The maximum atomic E-state index is 13.0. The Hall–Kier alpha value is -3.75. The monoisotopic (exact) mass is 472 g/mol. The molecule has 2 heterocycles. The molecule has 1 fully saturated rings. The molecular weight excluding hydrogens is 448 g/mol. The highest BCUT2D eigenvalue weighted by Gasteiger charge is 2.25. The highest BCUT2D eigenvalue weighted by Crippen LogP contribution is 2.30. The van der Waals surface area contributed by atoms with Crippen LogP contribution in [0.2, 0.25) is 0 Å². The fourth-order valence-electron chi connectivity index (χ4n) is 4.12. The summed E-state index contributed by atoms with van der Waals surface area (Å²) in [7, 11) is -3.53. The van der Waals surface area contributed by atoms with Crippen LogP contribution in [0.1, 0.15) is 22.3 Å². The zero-order valence-electron chi connectivity index (χ0n) is 18.7. The van der Waals surface area contributed by atoms with Gasteiger partial charge < -0.3 is 5.32 Å². The second-order valence-corrected chi connectivity index (χ2v) is 9.92. The minimum Gasteiger partial charge on any atom is -0.322 e. The van der Waals surface area contributed by atoms with Gasteiger partial charge in [-0.2, -0.15) is 13.1 Å². The number of carbonyl (C=O) groups excluding carboxylic acids is 1.